The van der Waals surface area contributed by atoms with Gasteiger partial charge in [0, 0.05) is 0 Å². The summed E-state index contributed by atoms with van der Waals surface area (Å²) in [4.78, 5) is 18.5. The summed E-state index contributed by atoms with van der Waals surface area (Å²) >= 11 is 0. The molecule has 0 heterocycles. The van der Waals surface area contributed by atoms with Gasteiger partial charge in [0.25, 0.3) is 0 Å². The van der Waals surface area contributed by atoms with Crippen molar-refractivity contribution < 1.29 is 131 Å². The Balaban J connectivity index is -0.000000274. The molecule has 10 heteroatoms. The van der Waals surface area contributed by atoms with Crippen molar-refractivity contribution in [2.75, 3.05) is 6.61 Å². The van der Waals surface area contributed by atoms with Gasteiger partial charge in [-0.15, -0.1) is 0 Å². The van der Waals surface area contributed by atoms with Gasteiger partial charge >= 0.3 is 119 Å². The molecular formula is C18H36K2O6P2+2. The molecule has 0 saturated carbocycles. The van der Waals surface area contributed by atoms with Crippen molar-refractivity contribution in [2.24, 2.45) is 0 Å². The van der Waals surface area contributed by atoms with Gasteiger partial charge in [-0.25, -0.2) is 0 Å². The normalized spacial score (nSPS) is 11.1. The Labute approximate surface area is 258 Å². The molecule has 0 radical (unpaired) electrons. The molecule has 0 saturated heterocycles. The van der Waals surface area contributed by atoms with Crippen LogP contribution in [0.15, 0.2) is 12.2 Å². The Morgan fingerprint density at radius 3 is 1.36 bits per heavy atom. The van der Waals surface area contributed by atoms with Gasteiger partial charge in [-0.1, -0.05) is 96.1 Å². The summed E-state index contributed by atoms with van der Waals surface area (Å²) in [6.07, 6.45) is 23.4. The van der Waals surface area contributed by atoms with Crippen LogP contribution in [0.5, 0.6) is 0 Å². The average Bonchev–Trinajstić information content (AvgIpc) is 2.58. The van der Waals surface area contributed by atoms with Gasteiger partial charge in [0.1, 0.15) is 4.31 Å². The van der Waals surface area contributed by atoms with Crippen molar-refractivity contribution in [1.82, 2.24) is 0 Å². The molecule has 6 nitrogen and oxygen atoms in total. The first-order valence-corrected chi connectivity index (χ1v) is 12.0. The van der Waals surface area contributed by atoms with Gasteiger partial charge in [-0.2, -0.15) is 0 Å². The molecule has 0 spiro atoms. The average molecular weight is 489 g/mol. The predicted octanol–water partition coefficient (Wildman–Crippen LogP) is -0.937. The maximum atomic E-state index is 9.24. The predicted molar refractivity (Wildman–Crippen MR) is 103 cm³/mol. The standard InChI is InChI=1S/C18H36O.2K.O5P2/c1-2-3-4-5-6-7-8-9-10-11-12-13-14-15-16-17-18-19;;;1-6(2)5-7(3)4/h16-17,19H,2-15,18H2,1H3;;;/q;2*+1;. The van der Waals surface area contributed by atoms with E-state index in [0.717, 1.165) is 6.42 Å². The Bertz CT molecular complexity index is 349. The van der Waals surface area contributed by atoms with Crippen LogP contribution in [0.2, 0.25) is 0 Å². The van der Waals surface area contributed by atoms with Crippen LogP contribution in [-0.2, 0) is 13.4 Å². The van der Waals surface area contributed by atoms with E-state index in [1.165, 1.54) is 83.5 Å². The maximum Gasteiger partial charge on any atom is 1.00 e. The Morgan fingerprint density at radius 2 is 1.07 bits per heavy atom. The molecule has 1 N–H and O–H groups in total. The molecule has 2 atom stereocenters. The van der Waals surface area contributed by atoms with E-state index >= 15 is 0 Å². The van der Waals surface area contributed by atoms with Crippen molar-refractivity contribution in [3.8, 4) is 0 Å². The van der Waals surface area contributed by atoms with Gasteiger partial charge in [-0.05, 0) is 22.0 Å². The van der Waals surface area contributed by atoms with Gasteiger partial charge in [-0.3, -0.25) is 0 Å². The van der Waals surface area contributed by atoms with Crippen molar-refractivity contribution in [2.45, 2.75) is 96.8 Å². The molecule has 0 aliphatic rings. The number of rotatable bonds is 17. The molecule has 0 aromatic carbocycles. The number of hydrogen-bond acceptors (Lipinski definition) is 6. The molecule has 0 aliphatic heterocycles. The molecule has 2 unspecified atom stereocenters. The third kappa shape index (κ3) is 43.0. The zero-order valence-corrected chi connectivity index (χ0v) is 26.2. The van der Waals surface area contributed by atoms with E-state index in [1.807, 2.05) is 6.08 Å². The fraction of sp³-hybridized carbons (Fsp3) is 0.889. The van der Waals surface area contributed by atoms with E-state index in [9.17, 15) is 18.9 Å². The first-order chi connectivity index (χ1) is 12.5. The van der Waals surface area contributed by atoms with Crippen LogP contribution in [0.1, 0.15) is 96.8 Å². The molecule has 28 heavy (non-hydrogen) atoms. The Kier molecular flexibility index (Phi) is 47.4. The topological polar surface area (TPSA) is 110 Å². The third-order valence-electron chi connectivity index (χ3n) is 3.88. The second-order valence-electron chi connectivity index (χ2n) is 6.21. The fourth-order valence-corrected chi connectivity index (χ4v) is 2.96. The van der Waals surface area contributed by atoms with Crippen molar-refractivity contribution in [3.63, 3.8) is 0 Å². The van der Waals surface area contributed by atoms with E-state index < -0.39 is 16.5 Å². The van der Waals surface area contributed by atoms with Crippen LogP contribution >= 0.6 is 16.5 Å². The summed E-state index contributed by atoms with van der Waals surface area (Å²) in [7, 11) is -6.47. The summed E-state index contributed by atoms with van der Waals surface area (Å²) < 4.78 is 21.6. The zero-order valence-electron chi connectivity index (χ0n) is 18.1. The van der Waals surface area contributed by atoms with Gasteiger partial charge in [0.15, 0.2) is 0 Å². The SMILES string of the molecule is CCCCCCCCCCCCCCCC=CCO.O=[P+]([O-])O[P+](=O)[O-].[K+].[K+]. The summed E-state index contributed by atoms with van der Waals surface area (Å²) in [6, 6.07) is 0. The van der Waals surface area contributed by atoms with E-state index in [2.05, 4.69) is 17.3 Å². The molecule has 0 fully saturated rings. The molecular weight excluding hydrogens is 452 g/mol. The van der Waals surface area contributed by atoms with Crippen molar-refractivity contribution >= 4 is 16.5 Å². The number of aliphatic hydroxyl groups is 1. The van der Waals surface area contributed by atoms with E-state index in [0.29, 0.717) is 0 Å². The van der Waals surface area contributed by atoms with E-state index in [-0.39, 0.29) is 109 Å². The molecule has 0 aromatic rings. The summed E-state index contributed by atoms with van der Waals surface area (Å²) in [5.74, 6) is 0. The number of hydrogen-bond donors (Lipinski definition) is 1. The minimum Gasteiger partial charge on any atom is -0.563 e. The largest absolute Gasteiger partial charge is 1.00 e. The van der Waals surface area contributed by atoms with E-state index in [4.69, 9.17) is 5.11 Å². The van der Waals surface area contributed by atoms with Crippen LogP contribution in [0.4, 0.5) is 0 Å². The second-order valence-corrected chi connectivity index (χ2v) is 7.76. The molecule has 0 bridgehead atoms. The van der Waals surface area contributed by atoms with Gasteiger partial charge in [0.2, 0.25) is 0 Å². The number of allylic oxidation sites excluding steroid dienone is 1. The van der Waals surface area contributed by atoms with Gasteiger partial charge < -0.3 is 14.9 Å². The van der Waals surface area contributed by atoms with Crippen LogP contribution in [0.25, 0.3) is 0 Å². The monoisotopic (exact) mass is 488 g/mol. The summed E-state index contributed by atoms with van der Waals surface area (Å²) in [5.41, 5.74) is 0. The van der Waals surface area contributed by atoms with E-state index in [1.54, 1.807) is 0 Å². The molecule has 0 rings (SSSR count). The first-order valence-electron chi connectivity index (χ1n) is 9.77. The van der Waals surface area contributed by atoms with Crippen LogP contribution in [0.3, 0.4) is 0 Å². The summed E-state index contributed by atoms with van der Waals surface area (Å²) in [6.45, 7) is 2.47. The van der Waals surface area contributed by atoms with Gasteiger partial charge in [0.05, 0.1) is 6.61 Å². The molecule has 0 amide bonds. The maximum absolute atomic E-state index is 9.24. The molecule has 0 aromatic heterocycles. The number of aliphatic hydroxyl groups excluding tert-OH is 1. The first kappa shape index (κ1) is 38.3. The molecule has 154 valence electrons. The van der Waals surface area contributed by atoms with Crippen molar-refractivity contribution in [3.05, 3.63) is 12.2 Å². The second kappa shape index (κ2) is 34.7. The Morgan fingerprint density at radius 1 is 0.714 bits per heavy atom. The van der Waals surface area contributed by atoms with Crippen LogP contribution < -0.4 is 113 Å². The van der Waals surface area contributed by atoms with Crippen LogP contribution in [-0.4, -0.2) is 11.7 Å². The summed E-state index contributed by atoms with van der Waals surface area (Å²) in [5, 5.41) is 8.58. The number of unbranched alkanes of at least 4 members (excludes halogenated alkanes) is 13. The Hall–Kier alpha value is 3.05. The smallest absolute Gasteiger partial charge is 0.563 e. The zero-order chi connectivity index (χ0) is 19.9. The van der Waals surface area contributed by atoms with Crippen molar-refractivity contribution in [1.29, 1.82) is 0 Å². The third-order valence-corrected chi connectivity index (χ3v) is 4.95. The minimum absolute atomic E-state index is 0. The quantitative estimate of drug-likeness (QED) is 0.123. The minimum atomic E-state index is -3.24. The van der Waals surface area contributed by atoms with Crippen LogP contribution in [0, 0.1) is 0 Å². The molecule has 0 aliphatic carbocycles. The fourth-order valence-electron chi connectivity index (χ4n) is 2.53.